The summed E-state index contributed by atoms with van der Waals surface area (Å²) in [5.74, 6) is -0.253. The van der Waals surface area contributed by atoms with Crippen LogP contribution in [0.2, 0.25) is 0 Å². The normalized spacial score (nSPS) is 11.3. The summed E-state index contributed by atoms with van der Waals surface area (Å²) in [5.41, 5.74) is 1.07. The Morgan fingerprint density at radius 1 is 1.25 bits per heavy atom. The Labute approximate surface area is 121 Å². The van der Waals surface area contributed by atoms with Crippen molar-refractivity contribution in [1.82, 2.24) is 4.72 Å². The minimum absolute atomic E-state index is 0.156. The second-order valence-corrected chi connectivity index (χ2v) is 6.92. The fraction of sp³-hybridized carbons (Fsp3) is 0.154. The summed E-state index contributed by atoms with van der Waals surface area (Å²) >= 11 is 1.33. The van der Waals surface area contributed by atoms with E-state index in [9.17, 15) is 13.2 Å². The van der Waals surface area contributed by atoms with E-state index >= 15 is 0 Å². The summed E-state index contributed by atoms with van der Waals surface area (Å²) in [4.78, 5) is 12.7. The summed E-state index contributed by atoms with van der Waals surface area (Å²) in [6, 6.07) is 8.28. The van der Waals surface area contributed by atoms with Crippen LogP contribution in [0.15, 0.2) is 40.6 Å². The van der Waals surface area contributed by atoms with Crippen LogP contribution < -0.4 is 10.0 Å². The second kappa shape index (κ2) is 5.74. The van der Waals surface area contributed by atoms with Gasteiger partial charge in [-0.25, -0.2) is 13.1 Å². The molecule has 20 heavy (non-hydrogen) atoms. The molecule has 1 amide bonds. The van der Waals surface area contributed by atoms with Gasteiger partial charge in [-0.1, -0.05) is 12.1 Å². The number of sulfonamides is 1. The largest absolute Gasteiger partial charge is 0.321 e. The molecule has 7 heteroatoms. The van der Waals surface area contributed by atoms with E-state index in [4.69, 9.17) is 0 Å². The van der Waals surface area contributed by atoms with E-state index in [1.54, 1.807) is 36.6 Å². The molecule has 0 bridgehead atoms. The monoisotopic (exact) mass is 310 g/mol. The summed E-state index contributed by atoms with van der Waals surface area (Å²) in [5, 5.41) is 4.49. The average Bonchev–Trinajstić information content (AvgIpc) is 2.95. The number of hydrogen-bond acceptors (Lipinski definition) is 4. The summed E-state index contributed by atoms with van der Waals surface area (Å²) in [7, 11) is -2.19. The lowest BCUT2D eigenvalue weighted by molar-refractivity contribution is 0.103. The highest BCUT2D eigenvalue weighted by Gasteiger charge is 2.16. The van der Waals surface area contributed by atoms with E-state index in [1.807, 2.05) is 0 Å². The van der Waals surface area contributed by atoms with Crippen molar-refractivity contribution >= 4 is 33.0 Å². The van der Waals surface area contributed by atoms with Gasteiger partial charge in [-0.3, -0.25) is 4.79 Å². The number of nitrogens with one attached hydrogen (secondary N) is 2. The highest BCUT2D eigenvalue weighted by molar-refractivity contribution is 7.89. The number of thiophene rings is 1. The van der Waals surface area contributed by atoms with Gasteiger partial charge in [0.1, 0.15) is 0 Å². The van der Waals surface area contributed by atoms with Crippen molar-refractivity contribution in [3.05, 3.63) is 46.2 Å². The molecule has 106 valence electrons. The number of carbonyl (C=O) groups is 1. The maximum absolute atomic E-state index is 11.9. The first-order valence-electron chi connectivity index (χ1n) is 5.83. The molecule has 0 aliphatic rings. The molecule has 0 unspecified atom stereocenters. The van der Waals surface area contributed by atoms with Crippen LogP contribution in [0.25, 0.3) is 0 Å². The summed E-state index contributed by atoms with van der Waals surface area (Å²) < 4.78 is 26.0. The summed E-state index contributed by atoms with van der Waals surface area (Å²) in [6.07, 6.45) is 0. The molecule has 2 aromatic rings. The first-order valence-corrected chi connectivity index (χ1v) is 8.19. The molecule has 1 aromatic heterocycles. The number of anilines is 1. The van der Waals surface area contributed by atoms with Gasteiger partial charge in [0.25, 0.3) is 5.91 Å². The molecule has 0 aliphatic heterocycles. The highest BCUT2D eigenvalue weighted by Crippen LogP contribution is 2.21. The number of carbonyl (C=O) groups excluding carboxylic acids is 1. The van der Waals surface area contributed by atoms with Gasteiger partial charge < -0.3 is 5.32 Å². The molecule has 2 rings (SSSR count). The van der Waals surface area contributed by atoms with Gasteiger partial charge in [0.2, 0.25) is 10.0 Å². The Morgan fingerprint density at radius 3 is 2.60 bits per heavy atom. The molecular formula is C13H14N2O3S2. The van der Waals surface area contributed by atoms with Crippen molar-refractivity contribution in [3.63, 3.8) is 0 Å². The maximum atomic E-state index is 11.9. The van der Waals surface area contributed by atoms with Crippen LogP contribution in [-0.2, 0) is 10.0 Å². The zero-order valence-electron chi connectivity index (χ0n) is 11.0. The van der Waals surface area contributed by atoms with Crippen LogP contribution in [0, 0.1) is 6.92 Å². The zero-order valence-corrected chi connectivity index (χ0v) is 12.6. The van der Waals surface area contributed by atoms with Crippen molar-refractivity contribution < 1.29 is 13.2 Å². The topological polar surface area (TPSA) is 75.3 Å². The molecule has 0 atom stereocenters. The molecule has 0 radical (unpaired) electrons. The molecule has 1 aromatic carbocycles. The lowest BCUT2D eigenvalue weighted by Gasteiger charge is -2.09. The number of benzene rings is 1. The predicted octanol–water partition coefficient (Wildman–Crippen LogP) is 2.22. The number of aryl methyl sites for hydroxylation is 1. The van der Waals surface area contributed by atoms with Crippen molar-refractivity contribution in [1.29, 1.82) is 0 Å². The third kappa shape index (κ3) is 3.06. The van der Waals surface area contributed by atoms with Crippen molar-refractivity contribution in [2.75, 3.05) is 12.4 Å². The molecular weight excluding hydrogens is 296 g/mol. The van der Waals surface area contributed by atoms with Gasteiger partial charge in [-0.05, 0) is 43.1 Å². The van der Waals surface area contributed by atoms with E-state index in [0.29, 0.717) is 16.1 Å². The average molecular weight is 310 g/mol. The fourth-order valence-electron chi connectivity index (χ4n) is 1.68. The third-order valence-electron chi connectivity index (χ3n) is 2.75. The number of rotatable bonds is 4. The fourth-order valence-corrected chi connectivity index (χ4v) is 3.29. The molecule has 2 N–H and O–H groups in total. The Hall–Kier alpha value is -1.70. The Bertz CT molecular complexity index is 722. The molecule has 0 spiro atoms. The van der Waals surface area contributed by atoms with Crippen molar-refractivity contribution in [2.24, 2.45) is 0 Å². The molecule has 0 aliphatic carbocycles. The SMILES string of the molecule is CNS(=O)(=O)c1cc(NC(=O)c2cccs2)ccc1C. The van der Waals surface area contributed by atoms with Crippen LogP contribution >= 0.6 is 11.3 Å². The third-order valence-corrected chi connectivity index (χ3v) is 5.17. The lowest BCUT2D eigenvalue weighted by Crippen LogP contribution is -2.20. The smallest absolute Gasteiger partial charge is 0.265 e. The van der Waals surface area contributed by atoms with Crippen LogP contribution in [0.3, 0.4) is 0 Å². The van der Waals surface area contributed by atoms with E-state index in [-0.39, 0.29) is 10.8 Å². The maximum Gasteiger partial charge on any atom is 0.265 e. The van der Waals surface area contributed by atoms with E-state index < -0.39 is 10.0 Å². The van der Waals surface area contributed by atoms with Crippen LogP contribution in [0.4, 0.5) is 5.69 Å². The first kappa shape index (κ1) is 14.7. The predicted molar refractivity (Wildman–Crippen MR) is 79.7 cm³/mol. The zero-order chi connectivity index (χ0) is 14.8. The first-order chi connectivity index (χ1) is 9.44. The molecule has 0 fully saturated rings. The van der Waals surface area contributed by atoms with Gasteiger partial charge >= 0.3 is 0 Å². The quantitative estimate of drug-likeness (QED) is 0.909. The van der Waals surface area contributed by atoms with Crippen LogP contribution in [-0.4, -0.2) is 21.4 Å². The number of hydrogen-bond donors (Lipinski definition) is 2. The molecule has 1 heterocycles. The highest BCUT2D eigenvalue weighted by atomic mass is 32.2. The molecule has 5 nitrogen and oxygen atoms in total. The van der Waals surface area contributed by atoms with E-state index in [2.05, 4.69) is 10.0 Å². The number of amides is 1. The van der Waals surface area contributed by atoms with Gasteiger partial charge in [-0.2, -0.15) is 0 Å². The van der Waals surface area contributed by atoms with E-state index in [1.165, 1.54) is 24.5 Å². The molecule has 0 saturated heterocycles. The van der Waals surface area contributed by atoms with Crippen molar-refractivity contribution in [2.45, 2.75) is 11.8 Å². The van der Waals surface area contributed by atoms with Crippen LogP contribution in [0.5, 0.6) is 0 Å². The van der Waals surface area contributed by atoms with Gasteiger partial charge in [0.15, 0.2) is 0 Å². The lowest BCUT2D eigenvalue weighted by atomic mass is 10.2. The summed E-state index contributed by atoms with van der Waals surface area (Å²) in [6.45, 7) is 1.70. The van der Waals surface area contributed by atoms with Gasteiger partial charge in [-0.15, -0.1) is 11.3 Å². The Balaban J connectivity index is 2.31. The van der Waals surface area contributed by atoms with Crippen LogP contribution in [0.1, 0.15) is 15.2 Å². The minimum Gasteiger partial charge on any atom is -0.321 e. The Kier molecular flexibility index (Phi) is 4.22. The van der Waals surface area contributed by atoms with Gasteiger partial charge in [0.05, 0.1) is 9.77 Å². The van der Waals surface area contributed by atoms with Gasteiger partial charge in [0, 0.05) is 5.69 Å². The standard InChI is InChI=1S/C13H14N2O3S2/c1-9-5-6-10(8-12(9)20(17,18)14-2)15-13(16)11-4-3-7-19-11/h3-8,14H,1-2H3,(H,15,16). The Morgan fingerprint density at radius 2 is 2.00 bits per heavy atom. The second-order valence-electron chi connectivity index (χ2n) is 4.12. The molecule has 0 saturated carbocycles. The van der Waals surface area contributed by atoms with E-state index in [0.717, 1.165) is 0 Å². The minimum atomic E-state index is -3.54. The van der Waals surface area contributed by atoms with Crippen molar-refractivity contribution in [3.8, 4) is 0 Å².